The van der Waals surface area contributed by atoms with E-state index >= 15 is 0 Å². The molecule has 0 bridgehead atoms. The number of rotatable bonds is 1. The Morgan fingerprint density at radius 3 is 2.59 bits per heavy atom. The van der Waals surface area contributed by atoms with Gasteiger partial charge in [0.25, 0.3) is 5.56 Å². The maximum absolute atomic E-state index is 11.7. The standard InChI is InChI=1S/C12H8ClN3O/c1-8-2-4-9(5-3-8)16-12(17)6-10(13)11(7-14)15-16/h2-6H,1H3. The Morgan fingerprint density at radius 1 is 1.35 bits per heavy atom. The maximum atomic E-state index is 11.7. The van der Waals surface area contributed by atoms with Gasteiger partial charge in [-0.15, -0.1) is 0 Å². The number of hydrogen-bond acceptors (Lipinski definition) is 3. The third kappa shape index (κ3) is 2.19. The van der Waals surface area contributed by atoms with Gasteiger partial charge in [0.1, 0.15) is 6.07 Å². The van der Waals surface area contributed by atoms with Crippen molar-refractivity contribution < 1.29 is 0 Å². The first-order valence-electron chi connectivity index (χ1n) is 4.89. The Bertz CT molecular complexity index is 653. The van der Waals surface area contributed by atoms with Crippen LogP contribution < -0.4 is 5.56 Å². The number of nitrogens with zero attached hydrogens (tertiary/aromatic N) is 3. The lowest BCUT2D eigenvalue weighted by Gasteiger charge is -2.05. The van der Waals surface area contributed by atoms with Gasteiger partial charge >= 0.3 is 0 Å². The fourth-order valence-electron chi connectivity index (χ4n) is 1.38. The van der Waals surface area contributed by atoms with E-state index < -0.39 is 0 Å². The summed E-state index contributed by atoms with van der Waals surface area (Å²) in [5, 5.41) is 12.8. The smallest absolute Gasteiger partial charge is 0.267 e. The molecule has 0 saturated heterocycles. The number of nitriles is 1. The van der Waals surface area contributed by atoms with Crippen LogP contribution in [0.15, 0.2) is 35.1 Å². The molecule has 1 heterocycles. The first-order valence-corrected chi connectivity index (χ1v) is 5.26. The average Bonchev–Trinajstić information content (AvgIpc) is 2.31. The molecule has 0 aliphatic carbocycles. The highest BCUT2D eigenvalue weighted by Crippen LogP contribution is 2.11. The van der Waals surface area contributed by atoms with Crippen LogP contribution in [0.3, 0.4) is 0 Å². The van der Waals surface area contributed by atoms with Crippen molar-refractivity contribution >= 4 is 11.6 Å². The number of halogens is 1. The Labute approximate surface area is 103 Å². The summed E-state index contributed by atoms with van der Waals surface area (Å²) in [4.78, 5) is 11.7. The third-order valence-corrected chi connectivity index (χ3v) is 2.56. The van der Waals surface area contributed by atoms with Crippen molar-refractivity contribution in [1.29, 1.82) is 5.26 Å². The molecule has 4 nitrogen and oxygen atoms in total. The van der Waals surface area contributed by atoms with Crippen molar-refractivity contribution in [2.75, 3.05) is 0 Å². The molecule has 17 heavy (non-hydrogen) atoms. The third-order valence-electron chi connectivity index (χ3n) is 2.27. The van der Waals surface area contributed by atoms with Crippen LogP contribution in [-0.4, -0.2) is 9.78 Å². The minimum absolute atomic E-state index is 0.0341. The van der Waals surface area contributed by atoms with Gasteiger partial charge in [0.15, 0.2) is 5.69 Å². The van der Waals surface area contributed by atoms with Gasteiger partial charge in [-0.2, -0.15) is 15.0 Å². The van der Waals surface area contributed by atoms with Crippen LogP contribution in [-0.2, 0) is 0 Å². The number of benzene rings is 1. The highest BCUT2D eigenvalue weighted by atomic mass is 35.5. The molecule has 0 aliphatic heterocycles. The summed E-state index contributed by atoms with van der Waals surface area (Å²) >= 11 is 5.72. The summed E-state index contributed by atoms with van der Waals surface area (Å²) in [6.07, 6.45) is 0. The molecule has 0 saturated carbocycles. The molecule has 5 heteroatoms. The second kappa shape index (κ2) is 4.40. The van der Waals surface area contributed by atoms with E-state index in [9.17, 15) is 4.79 Å². The van der Waals surface area contributed by atoms with Gasteiger partial charge in [0, 0.05) is 6.07 Å². The van der Waals surface area contributed by atoms with Gasteiger partial charge in [-0.1, -0.05) is 29.3 Å². The van der Waals surface area contributed by atoms with Crippen molar-refractivity contribution in [3.05, 3.63) is 57.0 Å². The van der Waals surface area contributed by atoms with Gasteiger partial charge < -0.3 is 0 Å². The van der Waals surface area contributed by atoms with Gasteiger partial charge in [-0.05, 0) is 19.1 Å². The zero-order valence-corrected chi connectivity index (χ0v) is 9.77. The predicted molar refractivity (Wildman–Crippen MR) is 64.3 cm³/mol. The first-order chi connectivity index (χ1) is 8.11. The molecule has 0 amide bonds. The average molecular weight is 246 g/mol. The summed E-state index contributed by atoms with van der Waals surface area (Å²) in [6, 6.07) is 10.3. The van der Waals surface area contributed by atoms with Crippen LogP contribution in [0, 0.1) is 18.3 Å². The van der Waals surface area contributed by atoms with Gasteiger partial charge in [0.2, 0.25) is 0 Å². The molecule has 2 rings (SSSR count). The molecule has 0 aliphatic rings. The highest BCUT2D eigenvalue weighted by molar-refractivity contribution is 6.31. The molecule has 84 valence electrons. The molecule has 0 N–H and O–H groups in total. The van der Waals surface area contributed by atoms with E-state index in [-0.39, 0.29) is 16.3 Å². The van der Waals surface area contributed by atoms with Crippen molar-refractivity contribution in [1.82, 2.24) is 9.78 Å². The number of aromatic nitrogens is 2. The quantitative estimate of drug-likeness (QED) is 0.773. The van der Waals surface area contributed by atoms with Crippen LogP contribution >= 0.6 is 11.6 Å². The Balaban J connectivity index is 2.64. The molecule has 1 aromatic heterocycles. The SMILES string of the molecule is Cc1ccc(-n2nc(C#N)c(Cl)cc2=O)cc1. The molecule has 2 aromatic rings. The summed E-state index contributed by atoms with van der Waals surface area (Å²) in [5.74, 6) is 0. The minimum Gasteiger partial charge on any atom is -0.267 e. The molecule has 0 spiro atoms. The van der Waals surface area contributed by atoms with E-state index in [1.165, 1.54) is 6.07 Å². The van der Waals surface area contributed by atoms with Gasteiger partial charge in [-0.25, -0.2) is 0 Å². The van der Waals surface area contributed by atoms with Crippen LogP contribution in [0.5, 0.6) is 0 Å². The van der Waals surface area contributed by atoms with Crippen molar-refractivity contribution in [3.63, 3.8) is 0 Å². The fourth-order valence-corrected chi connectivity index (χ4v) is 1.56. The van der Waals surface area contributed by atoms with E-state index in [2.05, 4.69) is 5.10 Å². The van der Waals surface area contributed by atoms with E-state index in [1.54, 1.807) is 12.1 Å². The van der Waals surface area contributed by atoms with Crippen LogP contribution in [0.1, 0.15) is 11.3 Å². The molecular weight excluding hydrogens is 238 g/mol. The maximum Gasteiger partial charge on any atom is 0.273 e. The summed E-state index contributed by atoms with van der Waals surface area (Å²) in [5.41, 5.74) is 1.36. The summed E-state index contributed by atoms with van der Waals surface area (Å²) < 4.78 is 1.16. The van der Waals surface area contributed by atoms with Crippen LogP contribution in [0.25, 0.3) is 5.69 Å². The van der Waals surface area contributed by atoms with Crippen LogP contribution in [0.4, 0.5) is 0 Å². The van der Waals surface area contributed by atoms with Crippen molar-refractivity contribution in [2.45, 2.75) is 6.92 Å². The van der Waals surface area contributed by atoms with Crippen molar-refractivity contribution in [3.8, 4) is 11.8 Å². The molecule has 0 fully saturated rings. The zero-order chi connectivity index (χ0) is 12.4. The largest absolute Gasteiger partial charge is 0.273 e. The first kappa shape index (κ1) is 11.4. The highest BCUT2D eigenvalue weighted by Gasteiger charge is 2.07. The topological polar surface area (TPSA) is 58.7 Å². The summed E-state index contributed by atoms with van der Waals surface area (Å²) in [6.45, 7) is 1.95. The van der Waals surface area contributed by atoms with Crippen LogP contribution in [0.2, 0.25) is 5.02 Å². The number of hydrogen-bond donors (Lipinski definition) is 0. The Kier molecular flexibility index (Phi) is 2.94. The lowest BCUT2D eigenvalue weighted by atomic mass is 10.2. The molecule has 1 aromatic carbocycles. The second-order valence-corrected chi connectivity index (χ2v) is 3.95. The van der Waals surface area contributed by atoms with E-state index in [0.29, 0.717) is 5.69 Å². The molecule has 0 radical (unpaired) electrons. The monoisotopic (exact) mass is 245 g/mol. The zero-order valence-electron chi connectivity index (χ0n) is 9.01. The molecule has 0 atom stereocenters. The molecular formula is C12H8ClN3O. The van der Waals surface area contributed by atoms with Crippen molar-refractivity contribution in [2.24, 2.45) is 0 Å². The molecule has 0 unspecified atom stereocenters. The van der Waals surface area contributed by atoms with Gasteiger partial charge in [-0.3, -0.25) is 4.79 Å². The Hall–Kier alpha value is -2.12. The summed E-state index contributed by atoms with van der Waals surface area (Å²) in [7, 11) is 0. The normalized spacial score (nSPS) is 9.94. The number of aryl methyl sites for hydroxylation is 1. The lowest BCUT2D eigenvalue weighted by molar-refractivity contribution is 0.798. The Morgan fingerprint density at radius 2 is 2.00 bits per heavy atom. The van der Waals surface area contributed by atoms with E-state index in [1.807, 2.05) is 25.1 Å². The predicted octanol–water partition coefficient (Wildman–Crippen LogP) is 2.07. The van der Waals surface area contributed by atoms with E-state index in [4.69, 9.17) is 16.9 Å². The van der Waals surface area contributed by atoms with E-state index in [0.717, 1.165) is 10.2 Å². The lowest BCUT2D eigenvalue weighted by Crippen LogP contribution is -2.21. The van der Waals surface area contributed by atoms with Gasteiger partial charge in [0.05, 0.1) is 10.7 Å². The minimum atomic E-state index is -0.363. The second-order valence-electron chi connectivity index (χ2n) is 3.54. The fraction of sp³-hybridized carbons (Fsp3) is 0.0833.